The molecule has 0 aliphatic rings. The second-order valence-electron chi connectivity index (χ2n) is 5.06. The Morgan fingerprint density at radius 2 is 1.90 bits per heavy atom. The predicted molar refractivity (Wildman–Crippen MR) is 84.8 cm³/mol. The summed E-state index contributed by atoms with van der Waals surface area (Å²) in [6.07, 6.45) is 2.97. The maximum Gasteiger partial charge on any atom is 0.0719 e. The Morgan fingerprint density at radius 3 is 2.67 bits per heavy atom. The summed E-state index contributed by atoms with van der Waals surface area (Å²) in [5.41, 5.74) is 3.79. The molecule has 0 spiro atoms. The number of nitrogens with one attached hydrogen (secondary N) is 1. The maximum atomic E-state index is 5.52. The minimum absolute atomic E-state index is 0.683. The van der Waals surface area contributed by atoms with Gasteiger partial charge in [-0.3, -0.25) is 4.68 Å². The molecule has 1 aromatic carbocycles. The summed E-state index contributed by atoms with van der Waals surface area (Å²) in [6.45, 7) is 8.28. The van der Waals surface area contributed by atoms with Crippen LogP contribution < -0.4 is 5.32 Å². The Labute approximate surface area is 127 Å². The highest BCUT2D eigenvalue weighted by Gasteiger charge is 2.04. The van der Waals surface area contributed by atoms with Crippen LogP contribution in [0.3, 0.4) is 0 Å². The van der Waals surface area contributed by atoms with E-state index in [1.54, 1.807) is 0 Å². The molecule has 0 saturated carbocycles. The lowest BCUT2D eigenvalue weighted by molar-refractivity contribution is 0.133. The van der Waals surface area contributed by atoms with E-state index < -0.39 is 0 Å². The van der Waals surface area contributed by atoms with Crippen LogP contribution in [0.15, 0.2) is 36.5 Å². The van der Waals surface area contributed by atoms with Gasteiger partial charge in [0, 0.05) is 32.4 Å². The summed E-state index contributed by atoms with van der Waals surface area (Å²) in [5, 5.41) is 7.85. The third kappa shape index (κ3) is 4.69. The molecule has 0 atom stereocenters. The van der Waals surface area contributed by atoms with Gasteiger partial charge in [-0.15, -0.1) is 0 Å². The molecule has 2 rings (SSSR count). The number of aromatic nitrogens is 2. The molecule has 114 valence electrons. The van der Waals surface area contributed by atoms with E-state index in [4.69, 9.17) is 4.74 Å². The van der Waals surface area contributed by atoms with E-state index in [-0.39, 0.29) is 0 Å². The molecule has 1 N–H and O–H groups in total. The Kier molecular flexibility index (Phi) is 6.44. The molecular weight excluding hydrogens is 262 g/mol. The van der Waals surface area contributed by atoms with Crippen LogP contribution in [0.5, 0.6) is 0 Å². The van der Waals surface area contributed by atoms with Crippen molar-refractivity contribution in [3.8, 4) is 0 Å². The fraction of sp³-hybridized carbons (Fsp3) is 0.471. The average Bonchev–Trinajstić information content (AvgIpc) is 2.94. The molecule has 0 radical (unpaired) electrons. The van der Waals surface area contributed by atoms with Gasteiger partial charge in [-0.2, -0.15) is 5.10 Å². The van der Waals surface area contributed by atoms with Crippen molar-refractivity contribution in [2.75, 3.05) is 6.61 Å². The van der Waals surface area contributed by atoms with Gasteiger partial charge in [0.05, 0.1) is 12.3 Å². The van der Waals surface area contributed by atoms with Crippen LogP contribution in [0.4, 0.5) is 0 Å². The van der Waals surface area contributed by atoms with Crippen LogP contribution in [0.1, 0.15) is 37.1 Å². The SMILES string of the molecule is CCCn1nccc1CNCc1ccccc1COCC. The first-order chi connectivity index (χ1) is 10.3. The first-order valence-corrected chi connectivity index (χ1v) is 7.71. The summed E-state index contributed by atoms with van der Waals surface area (Å²) in [7, 11) is 0. The molecule has 2 aromatic rings. The average molecular weight is 287 g/mol. The highest BCUT2D eigenvalue weighted by atomic mass is 16.5. The van der Waals surface area contributed by atoms with E-state index >= 15 is 0 Å². The standard InChI is InChI=1S/C17H25N3O/c1-3-11-20-17(9-10-19-20)13-18-12-15-7-5-6-8-16(15)14-21-4-2/h5-10,18H,3-4,11-14H2,1-2H3. The molecule has 0 aliphatic heterocycles. The van der Waals surface area contributed by atoms with Crippen molar-refractivity contribution in [3.05, 3.63) is 53.3 Å². The molecule has 0 amide bonds. The normalized spacial score (nSPS) is 11.0. The topological polar surface area (TPSA) is 39.1 Å². The van der Waals surface area contributed by atoms with Gasteiger partial charge in [-0.25, -0.2) is 0 Å². The maximum absolute atomic E-state index is 5.52. The molecule has 0 saturated heterocycles. The van der Waals surface area contributed by atoms with Gasteiger partial charge in [0.25, 0.3) is 0 Å². The number of ether oxygens (including phenoxy) is 1. The zero-order valence-electron chi connectivity index (χ0n) is 13.0. The summed E-state index contributed by atoms with van der Waals surface area (Å²) < 4.78 is 7.59. The minimum Gasteiger partial charge on any atom is -0.377 e. The molecule has 21 heavy (non-hydrogen) atoms. The number of hydrogen-bond donors (Lipinski definition) is 1. The van der Waals surface area contributed by atoms with Gasteiger partial charge in [0.2, 0.25) is 0 Å². The highest BCUT2D eigenvalue weighted by molar-refractivity contribution is 5.26. The van der Waals surface area contributed by atoms with Crippen molar-refractivity contribution in [2.24, 2.45) is 0 Å². The third-order valence-corrected chi connectivity index (χ3v) is 3.44. The fourth-order valence-electron chi connectivity index (χ4n) is 2.33. The van der Waals surface area contributed by atoms with Crippen LogP contribution in [0.25, 0.3) is 0 Å². The summed E-state index contributed by atoms with van der Waals surface area (Å²) >= 11 is 0. The van der Waals surface area contributed by atoms with Crippen LogP contribution >= 0.6 is 0 Å². The molecule has 1 heterocycles. The lowest BCUT2D eigenvalue weighted by atomic mass is 10.1. The van der Waals surface area contributed by atoms with Crippen molar-refractivity contribution < 1.29 is 4.74 Å². The van der Waals surface area contributed by atoms with E-state index in [9.17, 15) is 0 Å². The van der Waals surface area contributed by atoms with Crippen molar-refractivity contribution >= 4 is 0 Å². The Morgan fingerprint density at radius 1 is 1.10 bits per heavy atom. The first-order valence-electron chi connectivity index (χ1n) is 7.71. The second-order valence-corrected chi connectivity index (χ2v) is 5.06. The molecule has 0 fully saturated rings. The monoisotopic (exact) mass is 287 g/mol. The number of nitrogens with zero attached hydrogens (tertiary/aromatic N) is 2. The van der Waals surface area contributed by atoms with Crippen LogP contribution in [0.2, 0.25) is 0 Å². The lowest BCUT2D eigenvalue weighted by Crippen LogP contribution is -2.17. The molecule has 4 heteroatoms. The largest absolute Gasteiger partial charge is 0.377 e. The van der Waals surface area contributed by atoms with Crippen LogP contribution in [-0.4, -0.2) is 16.4 Å². The van der Waals surface area contributed by atoms with E-state index in [0.29, 0.717) is 6.61 Å². The molecular formula is C17H25N3O. The first kappa shape index (κ1) is 15.7. The van der Waals surface area contributed by atoms with Crippen molar-refractivity contribution in [1.82, 2.24) is 15.1 Å². The Balaban J connectivity index is 1.89. The van der Waals surface area contributed by atoms with Gasteiger partial charge in [-0.05, 0) is 30.5 Å². The molecule has 0 unspecified atom stereocenters. The van der Waals surface area contributed by atoms with E-state index in [0.717, 1.165) is 32.7 Å². The summed E-state index contributed by atoms with van der Waals surface area (Å²) in [6, 6.07) is 10.5. The second kappa shape index (κ2) is 8.60. The van der Waals surface area contributed by atoms with Gasteiger partial charge in [-0.1, -0.05) is 31.2 Å². The van der Waals surface area contributed by atoms with Gasteiger partial charge in [0.1, 0.15) is 0 Å². The zero-order valence-corrected chi connectivity index (χ0v) is 13.0. The fourth-order valence-corrected chi connectivity index (χ4v) is 2.33. The third-order valence-electron chi connectivity index (χ3n) is 3.44. The van der Waals surface area contributed by atoms with E-state index in [1.807, 2.05) is 13.1 Å². The van der Waals surface area contributed by atoms with E-state index in [2.05, 4.69) is 52.4 Å². The highest BCUT2D eigenvalue weighted by Crippen LogP contribution is 2.10. The lowest BCUT2D eigenvalue weighted by Gasteiger charge is -2.11. The number of benzene rings is 1. The predicted octanol–water partition coefficient (Wildman–Crippen LogP) is 3.12. The number of hydrogen-bond acceptors (Lipinski definition) is 3. The molecule has 0 bridgehead atoms. The van der Waals surface area contributed by atoms with Crippen molar-refractivity contribution in [3.63, 3.8) is 0 Å². The Bertz CT molecular complexity index is 536. The Hall–Kier alpha value is -1.65. The molecule has 4 nitrogen and oxygen atoms in total. The molecule has 1 aromatic heterocycles. The van der Waals surface area contributed by atoms with Gasteiger partial charge >= 0.3 is 0 Å². The van der Waals surface area contributed by atoms with Gasteiger partial charge < -0.3 is 10.1 Å². The van der Waals surface area contributed by atoms with Gasteiger partial charge in [0.15, 0.2) is 0 Å². The smallest absolute Gasteiger partial charge is 0.0719 e. The van der Waals surface area contributed by atoms with E-state index in [1.165, 1.54) is 16.8 Å². The summed E-state index contributed by atoms with van der Waals surface area (Å²) in [5.74, 6) is 0. The van der Waals surface area contributed by atoms with Crippen molar-refractivity contribution in [2.45, 2.75) is 46.5 Å². The summed E-state index contributed by atoms with van der Waals surface area (Å²) in [4.78, 5) is 0. The number of rotatable bonds is 9. The van der Waals surface area contributed by atoms with Crippen molar-refractivity contribution in [1.29, 1.82) is 0 Å². The zero-order chi connectivity index (χ0) is 14.9. The minimum atomic E-state index is 0.683. The van der Waals surface area contributed by atoms with Crippen LogP contribution in [0, 0.1) is 0 Å². The number of aryl methyl sites for hydroxylation is 1. The quantitative estimate of drug-likeness (QED) is 0.770. The molecule has 0 aliphatic carbocycles. The van der Waals surface area contributed by atoms with Crippen LogP contribution in [-0.2, 0) is 31.0 Å².